The van der Waals surface area contributed by atoms with Gasteiger partial charge >= 0.3 is 17.9 Å². The van der Waals surface area contributed by atoms with Crippen molar-refractivity contribution in [3.8, 4) is 0 Å². The highest BCUT2D eigenvalue weighted by atomic mass is 16.4. The Morgan fingerprint density at radius 2 is 0.846 bits per heavy atom. The second-order valence-electron chi connectivity index (χ2n) is 11.3. The van der Waals surface area contributed by atoms with Gasteiger partial charge < -0.3 is 15.3 Å². The third kappa shape index (κ3) is 13.8. The Morgan fingerprint density at radius 1 is 0.513 bits per heavy atom. The van der Waals surface area contributed by atoms with Crippen LogP contribution in [0.5, 0.6) is 0 Å². The molecule has 3 atom stereocenters. The van der Waals surface area contributed by atoms with E-state index in [0.29, 0.717) is 19.3 Å². The van der Waals surface area contributed by atoms with E-state index in [1.165, 1.54) is 64.2 Å². The van der Waals surface area contributed by atoms with Crippen LogP contribution in [0.15, 0.2) is 12.2 Å². The van der Waals surface area contributed by atoms with Gasteiger partial charge in [0, 0.05) is 19.3 Å². The summed E-state index contributed by atoms with van der Waals surface area (Å²) in [4.78, 5) is 37.6. The third-order valence-corrected chi connectivity index (χ3v) is 8.09. The maximum absolute atomic E-state index is 12.5. The molecule has 0 fully saturated rings. The molecule has 0 aromatic heterocycles. The standard InChI is InChI=1S/C32H59NO6/c1-5-9-10-11-12-13-14-15-16-17-18-19-20-21-22-26-33(27(23-6-2)30(34)35,28(24-7-3)31(36)37)29(25-8-4)32(38)39/h21-22,27-29H,5-20,23-26H2,1-4H3,(H2-,34,35,36,37,38,39)/p+1/b22-21+. The van der Waals surface area contributed by atoms with Crippen LogP contribution < -0.4 is 0 Å². The molecule has 0 radical (unpaired) electrons. The fraction of sp³-hybridized carbons (Fsp3) is 0.844. The van der Waals surface area contributed by atoms with Crippen LogP contribution in [0, 0.1) is 0 Å². The third-order valence-electron chi connectivity index (χ3n) is 8.09. The summed E-state index contributed by atoms with van der Waals surface area (Å²) in [6.45, 7) is 7.93. The van der Waals surface area contributed by atoms with E-state index in [9.17, 15) is 29.7 Å². The lowest BCUT2D eigenvalue weighted by Crippen LogP contribution is -2.72. The van der Waals surface area contributed by atoms with Crippen molar-refractivity contribution in [1.82, 2.24) is 0 Å². The Kier molecular flexibility index (Phi) is 21.8. The molecule has 0 saturated carbocycles. The van der Waals surface area contributed by atoms with Crippen LogP contribution in [0.25, 0.3) is 0 Å². The van der Waals surface area contributed by atoms with Gasteiger partial charge in [0.15, 0.2) is 18.1 Å². The van der Waals surface area contributed by atoms with Gasteiger partial charge in [0.25, 0.3) is 0 Å². The van der Waals surface area contributed by atoms with Crippen molar-refractivity contribution in [2.24, 2.45) is 0 Å². The van der Waals surface area contributed by atoms with Crippen LogP contribution >= 0.6 is 0 Å². The first-order valence-electron chi connectivity index (χ1n) is 15.9. The molecule has 0 heterocycles. The molecule has 39 heavy (non-hydrogen) atoms. The molecule has 0 amide bonds. The molecule has 3 N–H and O–H groups in total. The lowest BCUT2D eigenvalue weighted by atomic mass is 9.92. The van der Waals surface area contributed by atoms with Gasteiger partial charge in [-0.1, -0.05) is 104 Å². The van der Waals surface area contributed by atoms with E-state index in [4.69, 9.17) is 0 Å². The number of unbranched alkanes of at least 4 members (excludes halogenated alkanes) is 12. The largest absolute Gasteiger partial charge is 0.477 e. The van der Waals surface area contributed by atoms with Gasteiger partial charge in [-0.05, 0) is 38.2 Å². The molecule has 7 heteroatoms. The van der Waals surface area contributed by atoms with Gasteiger partial charge in [-0.25, -0.2) is 14.4 Å². The highest BCUT2D eigenvalue weighted by molar-refractivity contribution is 5.78. The van der Waals surface area contributed by atoms with E-state index in [2.05, 4.69) is 6.92 Å². The molecule has 0 aromatic rings. The number of allylic oxidation sites excluding steroid dienone is 1. The van der Waals surface area contributed by atoms with E-state index in [-0.39, 0.29) is 25.8 Å². The maximum atomic E-state index is 12.5. The molecule has 0 spiro atoms. The highest BCUT2D eigenvalue weighted by Crippen LogP contribution is 2.33. The van der Waals surface area contributed by atoms with E-state index in [1.807, 2.05) is 32.9 Å². The molecule has 0 aromatic carbocycles. The Morgan fingerprint density at radius 3 is 1.15 bits per heavy atom. The maximum Gasteiger partial charge on any atom is 0.362 e. The Labute approximate surface area is 238 Å². The molecule has 0 aliphatic rings. The molecule has 0 aliphatic carbocycles. The molecule has 7 nitrogen and oxygen atoms in total. The number of carboxylic acids is 3. The van der Waals surface area contributed by atoms with Crippen molar-refractivity contribution in [2.75, 3.05) is 6.54 Å². The molecule has 228 valence electrons. The van der Waals surface area contributed by atoms with Gasteiger partial charge in [0.2, 0.25) is 0 Å². The second kappa shape index (κ2) is 22.9. The van der Waals surface area contributed by atoms with E-state index in [1.54, 1.807) is 0 Å². The fourth-order valence-electron chi connectivity index (χ4n) is 6.04. The molecule has 0 bridgehead atoms. The number of hydrogen-bond donors (Lipinski definition) is 3. The van der Waals surface area contributed by atoms with Crippen LogP contribution in [0.1, 0.15) is 150 Å². The van der Waals surface area contributed by atoms with E-state index in [0.717, 1.165) is 19.3 Å². The first-order chi connectivity index (χ1) is 18.7. The van der Waals surface area contributed by atoms with Crippen molar-refractivity contribution >= 4 is 17.9 Å². The fourth-order valence-corrected chi connectivity index (χ4v) is 6.04. The minimum atomic E-state index is -1.11. The Bertz CT molecular complexity index is 632. The summed E-state index contributed by atoms with van der Waals surface area (Å²) in [7, 11) is 0. The summed E-state index contributed by atoms with van der Waals surface area (Å²) in [5, 5.41) is 30.7. The molecule has 0 aliphatic heterocycles. The van der Waals surface area contributed by atoms with E-state index >= 15 is 0 Å². The number of carbonyl (C=O) groups is 3. The highest BCUT2D eigenvalue weighted by Gasteiger charge is 2.56. The van der Waals surface area contributed by atoms with Crippen LogP contribution in [0.2, 0.25) is 0 Å². The molecule has 3 unspecified atom stereocenters. The van der Waals surface area contributed by atoms with Gasteiger partial charge in [0.05, 0.1) is 6.54 Å². The van der Waals surface area contributed by atoms with Gasteiger partial charge in [-0.3, -0.25) is 4.48 Å². The number of nitrogens with zero attached hydrogens (tertiary/aromatic N) is 1. The predicted octanol–water partition coefficient (Wildman–Crippen LogP) is 8.21. The normalized spacial score (nSPS) is 15.6. The summed E-state index contributed by atoms with van der Waals surface area (Å²) < 4.78 is -0.454. The summed E-state index contributed by atoms with van der Waals surface area (Å²) >= 11 is 0. The smallest absolute Gasteiger partial charge is 0.362 e. The first kappa shape index (κ1) is 37.1. The topological polar surface area (TPSA) is 112 Å². The van der Waals surface area contributed by atoms with Gasteiger partial charge in [0.1, 0.15) is 0 Å². The van der Waals surface area contributed by atoms with Crippen LogP contribution in [0.3, 0.4) is 0 Å². The molecular weight excluding hydrogens is 494 g/mol. The number of carboxylic acid groups (broad SMARTS) is 3. The Hall–Kier alpha value is -1.89. The minimum absolute atomic E-state index is 0.100. The summed E-state index contributed by atoms with van der Waals surface area (Å²) in [5.41, 5.74) is 0. The molecular formula is C32H60NO6+. The zero-order chi connectivity index (χ0) is 29.5. The van der Waals surface area contributed by atoms with Crippen molar-refractivity contribution in [2.45, 2.75) is 168 Å². The van der Waals surface area contributed by atoms with Crippen molar-refractivity contribution < 1.29 is 34.2 Å². The first-order valence-corrected chi connectivity index (χ1v) is 15.9. The number of quaternary nitrogens is 1. The monoisotopic (exact) mass is 554 g/mol. The van der Waals surface area contributed by atoms with E-state index < -0.39 is 40.5 Å². The number of rotatable bonds is 27. The minimum Gasteiger partial charge on any atom is -0.477 e. The zero-order valence-corrected chi connectivity index (χ0v) is 25.5. The van der Waals surface area contributed by atoms with Crippen molar-refractivity contribution in [3.63, 3.8) is 0 Å². The quantitative estimate of drug-likeness (QED) is 0.0536. The van der Waals surface area contributed by atoms with Crippen LogP contribution in [-0.2, 0) is 14.4 Å². The summed E-state index contributed by atoms with van der Waals surface area (Å²) in [5.74, 6) is -3.34. The van der Waals surface area contributed by atoms with Crippen LogP contribution in [-0.4, -0.2) is 62.4 Å². The molecule has 0 rings (SSSR count). The average molecular weight is 555 g/mol. The number of hydrogen-bond acceptors (Lipinski definition) is 3. The zero-order valence-electron chi connectivity index (χ0n) is 25.5. The van der Waals surface area contributed by atoms with Crippen LogP contribution in [0.4, 0.5) is 0 Å². The summed E-state index contributed by atoms with van der Waals surface area (Å²) in [6.07, 6.45) is 22.3. The average Bonchev–Trinajstić information content (AvgIpc) is 2.89. The number of aliphatic carboxylic acids is 3. The van der Waals surface area contributed by atoms with Crippen molar-refractivity contribution in [1.29, 1.82) is 0 Å². The van der Waals surface area contributed by atoms with Gasteiger partial charge in [-0.2, -0.15) is 0 Å². The predicted molar refractivity (Wildman–Crippen MR) is 159 cm³/mol. The molecule has 0 saturated heterocycles. The van der Waals surface area contributed by atoms with Crippen molar-refractivity contribution in [3.05, 3.63) is 12.2 Å². The SMILES string of the molecule is CCCCCCCCCCCCCC/C=C/C[N+](C(CCC)C(=O)O)(C(CCC)C(=O)O)C(CCC)C(=O)O. The Balaban J connectivity index is 5.33. The second-order valence-corrected chi connectivity index (χ2v) is 11.3. The summed E-state index contributed by atoms with van der Waals surface area (Å²) in [6, 6.07) is -3.27. The lowest BCUT2D eigenvalue weighted by Gasteiger charge is -2.49. The van der Waals surface area contributed by atoms with Gasteiger partial charge in [-0.15, -0.1) is 0 Å². The lowest BCUT2D eigenvalue weighted by molar-refractivity contribution is -0.968.